The van der Waals surface area contributed by atoms with Crippen LogP contribution in [0.1, 0.15) is 54.7 Å². The number of nitrogens with zero attached hydrogens (tertiary/aromatic N) is 5. The van der Waals surface area contributed by atoms with Gasteiger partial charge in [0.15, 0.2) is 0 Å². The highest BCUT2D eigenvalue weighted by Gasteiger charge is 2.41. The summed E-state index contributed by atoms with van der Waals surface area (Å²) < 4.78 is 19.3. The first-order valence-corrected chi connectivity index (χ1v) is 17.5. The number of amides is 4. The number of ether oxygens (including phenoxy) is 2. The molecule has 0 spiro atoms. The summed E-state index contributed by atoms with van der Waals surface area (Å²) in [5, 5.41) is 5.77. The fourth-order valence-corrected chi connectivity index (χ4v) is 6.43. The summed E-state index contributed by atoms with van der Waals surface area (Å²) in [7, 11) is 1.51. The van der Waals surface area contributed by atoms with Gasteiger partial charge in [0.05, 0.1) is 37.3 Å². The minimum Gasteiger partial charge on any atom is -0.494 e. The first-order valence-electron chi connectivity index (χ1n) is 17.5. The number of carbonyl (C=O) groups is 4. The van der Waals surface area contributed by atoms with E-state index in [1.807, 2.05) is 54.6 Å². The number of hydrogen-bond donors (Lipinski definition) is 2. The van der Waals surface area contributed by atoms with E-state index >= 15 is 0 Å². The molecular weight excluding hydrogens is 666 g/mol. The molecule has 14 heteroatoms. The van der Waals surface area contributed by atoms with Crippen molar-refractivity contribution < 1.29 is 33.1 Å². The van der Waals surface area contributed by atoms with Gasteiger partial charge in [0.25, 0.3) is 5.91 Å². The van der Waals surface area contributed by atoms with Crippen molar-refractivity contribution in [2.75, 3.05) is 46.4 Å². The molecule has 0 saturated heterocycles. The van der Waals surface area contributed by atoms with Crippen molar-refractivity contribution in [3.05, 3.63) is 89.3 Å². The maximum atomic E-state index is 13.8. The Morgan fingerprint density at radius 1 is 1.00 bits per heavy atom. The number of rotatable bonds is 5. The molecule has 2 N–H and O–H groups in total. The Balaban J connectivity index is 1.22. The van der Waals surface area contributed by atoms with Crippen molar-refractivity contribution >= 4 is 23.6 Å². The summed E-state index contributed by atoms with van der Waals surface area (Å²) in [6.07, 6.45) is 2.57. The topological polar surface area (TPSA) is 161 Å². The van der Waals surface area contributed by atoms with E-state index in [9.17, 15) is 19.2 Å². The highest BCUT2D eigenvalue weighted by atomic mass is 16.5. The molecule has 6 bridgehead atoms. The monoisotopic (exact) mass is 711 g/mol. The highest BCUT2D eigenvalue weighted by Crippen LogP contribution is 2.37. The van der Waals surface area contributed by atoms with Gasteiger partial charge in [0, 0.05) is 51.0 Å². The van der Waals surface area contributed by atoms with Crippen molar-refractivity contribution in [3.8, 4) is 17.2 Å². The summed E-state index contributed by atoms with van der Waals surface area (Å²) in [4.78, 5) is 66.2. The van der Waals surface area contributed by atoms with Crippen LogP contribution in [0.15, 0.2) is 65.3 Å². The summed E-state index contributed by atoms with van der Waals surface area (Å²) in [6.45, 7) is 6.33. The first-order chi connectivity index (χ1) is 25.0. The predicted octanol–water partition coefficient (Wildman–Crippen LogP) is 2.83. The zero-order valence-electron chi connectivity index (χ0n) is 30.0. The second kappa shape index (κ2) is 15.8. The van der Waals surface area contributed by atoms with Crippen LogP contribution in [0.4, 0.5) is 0 Å². The Morgan fingerprint density at radius 3 is 2.56 bits per heavy atom. The van der Waals surface area contributed by atoms with Crippen LogP contribution in [0.2, 0.25) is 0 Å². The number of hydrogen-bond acceptors (Lipinski definition) is 9. The van der Waals surface area contributed by atoms with Crippen molar-refractivity contribution in [2.24, 2.45) is 0 Å². The number of methoxy groups -OCH3 is 1. The number of imidazole rings is 1. The van der Waals surface area contributed by atoms with E-state index in [4.69, 9.17) is 18.9 Å². The van der Waals surface area contributed by atoms with Crippen LogP contribution in [-0.2, 0) is 43.3 Å². The van der Waals surface area contributed by atoms with Gasteiger partial charge in [-0.15, -0.1) is 0 Å². The molecular formula is C38H45N7O7. The molecule has 52 heavy (non-hydrogen) atoms. The van der Waals surface area contributed by atoms with E-state index < -0.39 is 11.6 Å². The van der Waals surface area contributed by atoms with Crippen molar-refractivity contribution in [3.63, 3.8) is 0 Å². The number of aromatic nitrogens is 3. The molecule has 4 heterocycles. The third-order valence-electron chi connectivity index (χ3n) is 9.45. The standard InChI is InChI=1S/C38H45N7O7/c1-25-29(42-36(52-25)26-10-6-5-7-11-26)21-33(48)43-18-16-40-32(47)23-44-24-41-34-30(44)14-17-45(37(49)38(2,3)50-4)35(34)27-12-8-13-28(20-27)51-19-9-15-39-31(46)22-43/h5-8,10-13,20,24,35H,9,14-19,21-23H2,1-4H3,(H,39,46)(H,40,47). The summed E-state index contributed by atoms with van der Waals surface area (Å²) in [6, 6.07) is 16.4. The van der Waals surface area contributed by atoms with Crippen LogP contribution in [0.3, 0.4) is 0 Å². The molecule has 14 nitrogen and oxygen atoms in total. The number of benzene rings is 2. The van der Waals surface area contributed by atoms with Gasteiger partial charge < -0.3 is 38.9 Å². The smallest absolute Gasteiger partial charge is 0.255 e. The summed E-state index contributed by atoms with van der Waals surface area (Å²) >= 11 is 0. The lowest BCUT2D eigenvalue weighted by molar-refractivity contribution is -0.153. The van der Waals surface area contributed by atoms with Gasteiger partial charge in [-0.25, -0.2) is 9.97 Å². The molecule has 1 atom stereocenters. The molecule has 0 radical (unpaired) electrons. The van der Waals surface area contributed by atoms with Crippen LogP contribution < -0.4 is 15.4 Å². The van der Waals surface area contributed by atoms with Crippen LogP contribution in [-0.4, -0.2) is 100 Å². The van der Waals surface area contributed by atoms with Crippen LogP contribution >= 0.6 is 0 Å². The van der Waals surface area contributed by atoms with Gasteiger partial charge in [0.1, 0.15) is 29.7 Å². The van der Waals surface area contributed by atoms with E-state index in [0.717, 1.165) is 16.8 Å². The number of carbonyl (C=O) groups excluding carboxylic acids is 4. The molecule has 6 rings (SSSR count). The molecule has 0 aliphatic carbocycles. The van der Waals surface area contributed by atoms with Gasteiger partial charge in [0.2, 0.25) is 23.6 Å². The average Bonchev–Trinajstić information content (AvgIpc) is 3.72. The quantitative estimate of drug-likeness (QED) is 0.317. The molecule has 2 aliphatic rings. The first kappa shape index (κ1) is 36.3. The van der Waals surface area contributed by atoms with E-state index in [0.29, 0.717) is 61.3 Å². The Bertz CT molecular complexity index is 1920. The number of oxazole rings is 1. The van der Waals surface area contributed by atoms with Gasteiger partial charge in [-0.05, 0) is 57.0 Å². The minimum atomic E-state index is -1.06. The molecule has 274 valence electrons. The maximum Gasteiger partial charge on any atom is 0.255 e. The number of fused-ring (bicyclic) bond motifs is 3. The van der Waals surface area contributed by atoms with E-state index in [1.54, 1.807) is 36.6 Å². The molecule has 1 unspecified atom stereocenters. The number of aryl methyl sites for hydroxylation is 1. The van der Waals surface area contributed by atoms with Crippen molar-refractivity contribution in [2.45, 2.75) is 58.2 Å². The molecule has 2 aliphatic heterocycles. The third kappa shape index (κ3) is 8.17. The summed E-state index contributed by atoms with van der Waals surface area (Å²) in [5.74, 6) is 0.430. The van der Waals surface area contributed by atoms with Crippen molar-refractivity contribution in [1.29, 1.82) is 0 Å². The second-order valence-corrected chi connectivity index (χ2v) is 13.4. The Hall–Kier alpha value is -5.50. The Labute approximate surface area is 302 Å². The Kier molecular flexibility index (Phi) is 11.0. The molecule has 2 aromatic heterocycles. The van der Waals surface area contributed by atoms with Gasteiger partial charge >= 0.3 is 0 Å². The SMILES string of the molecule is COC(C)(C)C(=O)N1CCc2c3ncn2CC(=O)NCCN(C(=O)Cc2nc(-c4ccccc4)oc2C)CC(=O)NCCCOc2cccc(c2)C31. The zero-order valence-corrected chi connectivity index (χ0v) is 30.0. The third-order valence-corrected chi connectivity index (χ3v) is 9.45. The zero-order chi connectivity index (χ0) is 36.8. The molecule has 4 aromatic rings. The average molecular weight is 712 g/mol. The second-order valence-electron chi connectivity index (χ2n) is 13.4. The fourth-order valence-electron chi connectivity index (χ4n) is 6.43. The fraction of sp³-hybridized carbons (Fsp3) is 0.421. The van der Waals surface area contributed by atoms with Crippen LogP contribution in [0.5, 0.6) is 5.75 Å². The lowest BCUT2D eigenvalue weighted by Gasteiger charge is -2.39. The van der Waals surface area contributed by atoms with Gasteiger partial charge in [-0.1, -0.05) is 30.3 Å². The maximum absolute atomic E-state index is 13.8. The highest BCUT2D eigenvalue weighted by molar-refractivity contribution is 5.86. The number of nitrogens with one attached hydrogen (secondary N) is 2. The van der Waals surface area contributed by atoms with E-state index in [2.05, 4.69) is 15.6 Å². The largest absolute Gasteiger partial charge is 0.494 e. The van der Waals surface area contributed by atoms with Gasteiger partial charge in [-0.3, -0.25) is 19.2 Å². The minimum absolute atomic E-state index is 0.00938. The molecule has 4 amide bonds. The summed E-state index contributed by atoms with van der Waals surface area (Å²) in [5.41, 5.74) is 2.57. The lowest BCUT2D eigenvalue weighted by Crippen LogP contribution is -2.50. The van der Waals surface area contributed by atoms with E-state index in [-0.39, 0.29) is 56.2 Å². The van der Waals surface area contributed by atoms with Crippen LogP contribution in [0, 0.1) is 6.92 Å². The van der Waals surface area contributed by atoms with Gasteiger partial charge in [-0.2, -0.15) is 0 Å². The van der Waals surface area contributed by atoms with Crippen molar-refractivity contribution in [1.82, 2.24) is 35.0 Å². The normalized spacial score (nSPS) is 17.5. The van der Waals surface area contributed by atoms with E-state index in [1.165, 1.54) is 12.0 Å². The van der Waals surface area contributed by atoms with Crippen LogP contribution in [0.25, 0.3) is 11.5 Å². The predicted molar refractivity (Wildman–Crippen MR) is 190 cm³/mol. The Morgan fingerprint density at radius 2 is 1.77 bits per heavy atom. The lowest BCUT2D eigenvalue weighted by atomic mass is 9.93. The molecule has 2 aromatic carbocycles. The molecule has 0 fully saturated rings. The molecule has 0 saturated carbocycles.